The Labute approximate surface area is 161 Å². The molecule has 0 nitrogen and oxygen atoms in total. The first kappa shape index (κ1) is 15.7. The molecule has 0 heterocycles. The molecule has 0 aliphatic rings. The summed E-state index contributed by atoms with van der Waals surface area (Å²) in [5.41, 5.74) is 1.92. The molecule has 26 heavy (non-hydrogen) atoms. The van der Waals surface area contributed by atoms with Crippen LogP contribution >= 0.6 is 23.2 Å². The molecule has 5 aromatic rings. The normalized spacial score (nSPS) is 11.5. The van der Waals surface area contributed by atoms with Gasteiger partial charge in [-0.3, -0.25) is 0 Å². The van der Waals surface area contributed by atoms with Gasteiger partial charge in [-0.1, -0.05) is 89.9 Å². The van der Waals surface area contributed by atoms with Crippen molar-refractivity contribution in [1.82, 2.24) is 0 Å². The number of hydrogen-bond donors (Lipinski definition) is 0. The number of rotatable bonds is 1. The first-order chi connectivity index (χ1) is 12.7. The molecule has 0 saturated carbocycles. The van der Waals surface area contributed by atoms with E-state index in [1.54, 1.807) is 0 Å². The van der Waals surface area contributed by atoms with Gasteiger partial charge >= 0.3 is 0 Å². The van der Waals surface area contributed by atoms with Crippen LogP contribution in [0.15, 0.2) is 84.9 Å². The van der Waals surface area contributed by atoms with Gasteiger partial charge in [-0.15, -0.1) is 0 Å². The average molecular weight is 373 g/mol. The van der Waals surface area contributed by atoms with Crippen molar-refractivity contribution in [3.05, 3.63) is 95.0 Å². The summed E-state index contributed by atoms with van der Waals surface area (Å²) in [6.07, 6.45) is 0. The Kier molecular flexibility index (Phi) is 3.63. The van der Waals surface area contributed by atoms with E-state index in [0.29, 0.717) is 10.0 Å². The minimum atomic E-state index is 0.668. The molecule has 0 bridgehead atoms. The second-order valence-corrected chi connectivity index (χ2v) is 7.30. The summed E-state index contributed by atoms with van der Waals surface area (Å²) in [6.45, 7) is 0. The first-order valence-electron chi connectivity index (χ1n) is 8.51. The lowest BCUT2D eigenvalue weighted by molar-refractivity contribution is 1.65. The van der Waals surface area contributed by atoms with Gasteiger partial charge in [-0.2, -0.15) is 0 Å². The van der Waals surface area contributed by atoms with E-state index in [1.165, 1.54) is 32.3 Å². The average Bonchev–Trinajstić information content (AvgIpc) is 2.67. The van der Waals surface area contributed by atoms with Crippen LogP contribution in [0.3, 0.4) is 0 Å². The summed E-state index contributed by atoms with van der Waals surface area (Å²) in [5.74, 6) is 0. The predicted molar refractivity (Wildman–Crippen MR) is 114 cm³/mol. The van der Waals surface area contributed by atoms with Gasteiger partial charge in [0.1, 0.15) is 0 Å². The van der Waals surface area contributed by atoms with Gasteiger partial charge in [-0.05, 0) is 56.1 Å². The summed E-state index contributed by atoms with van der Waals surface area (Å²) < 4.78 is 0. The third-order valence-electron chi connectivity index (χ3n) is 4.98. The number of fused-ring (bicyclic) bond motifs is 5. The molecule has 0 saturated heterocycles. The summed E-state index contributed by atoms with van der Waals surface area (Å²) in [6, 6.07) is 29.3. The molecule has 0 spiro atoms. The van der Waals surface area contributed by atoms with Crippen molar-refractivity contribution < 1.29 is 0 Å². The molecular weight excluding hydrogens is 359 g/mol. The third-order valence-corrected chi connectivity index (χ3v) is 5.61. The Bertz CT molecular complexity index is 1280. The molecule has 5 rings (SSSR count). The van der Waals surface area contributed by atoms with Crippen LogP contribution in [-0.4, -0.2) is 0 Å². The van der Waals surface area contributed by atoms with Crippen LogP contribution < -0.4 is 0 Å². The van der Waals surface area contributed by atoms with Crippen LogP contribution in [0.1, 0.15) is 0 Å². The summed E-state index contributed by atoms with van der Waals surface area (Å²) in [4.78, 5) is 0. The molecule has 0 amide bonds. The topological polar surface area (TPSA) is 0 Å². The van der Waals surface area contributed by atoms with Crippen LogP contribution in [-0.2, 0) is 0 Å². The van der Waals surface area contributed by atoms with Gasteiger partial charge in [0.25, 0.3) is 0 Å². The maximum Gasteiger partial charge on any atom is 0.0499 e. The van der Waals surface area contributed by atoms with E-state index in [2.05, 4.69) is 66.7 Å². The van der Waals surface area contributed by atoms with Crippen LogP contribution in [0.2, 0.25) is 10.0 Å². The van der Waals surface area contributed by atoms with Crippen molar-refractivity contribution in [2.45, 2.75) is 0 Å². The van der Waals surface area contributed by atoms with Gasteiger partial charge in [-0.25, -0.2) is 0 Å². The molecule has 5 aromatic carbocycles. The molecule has 0 aliphatic carbocycles. The van der Waals surface area contributed by atoms with E-state index in [1.807, 2.05) is 18.2 Å². The molecule has 0 N–H and O–H groups in total. The van der Waals surface area contributed by atoms with Crippen molar-refractivity contribution in [2.75, 3.05) is 0 Å². The number of halogens is 2. The van der Waals surface area contributed by atoms with Crippen LogP contribution in [0.5, 0.6) is 0 Å². The highest BCUT2D eigenvalue weighted by Gasteiger charge is 2.11. The zero-order chi connectivity index (χ0) is 17.7. The zero-order valence-electron chi connectivity index (χ0n) is 13.8. The van der Waals surface area contributed by atoms with Crippen molar-refractivity contribution in [1.29, 1.82) is 0 Å². The van der Waals surface area contributed by atoms with Crippen molar-refractivity contribution in [3.8, 4) is 11.1 Å². The van der Waals surface area contributed by atoms with Crippen LogP contribution in [0.25, 0.3) is 43.4 Å². The smallest absolute Gasteiger partial charge is 0.0499 e. The van der Waals surface area contributed by atoms with Crippen LogP contribution in [0, 0.1) is 0 Å². The Hall–Kier alpha value is -2.54. The molecule has 0 atom stereocenters. The predicted octanol–water partition coefficient (Wildman–Crippen LogP) is 8.12. The summed E-state index contributed by atoms with van der Waals surface area (Å²) >= 11 is 12.9. The Morgan fingerprint density at radius 3 is 1.88 bits per heavy atom. The number of hydrogen-bond acceptors (Lipinski definition) is 0. The van der Waals surface area contributed by atoms with E-state index in [4.69, 9.17) is 23.2 Å². The van der Waals surface area contributed by atoms with E-state index in [-0.39, 0.29) is 0 Å². The quantitative estimate of drug-likeness (QED) is 0.260. The van der Waals surface area contributed by atoms with Gasteiger partial charge in [0.2, 0.25) is 0 Å². The highest BCUT2D eigenvalue weighted by Crippen LogP contribution is 2.38. The fraction of sp³-hybridized carbons (Fsp3) is 0. The maximum absolute atomic E-state index is 6.44. The SMILES string of the molecule is Clc1cccc(Cl)c1-c1ccc2ccc3ccc4ccccc4c3c2c1. The second kappa shape index (κ2) is 6.02. The third kappa shape index (κ3) is 2.38. The minimum absolute atomic E-state index is 0.668. The Morgan fingerprint density at radius 2 is 1.12 bits per heavy atom. The lowest BCUT2D eigenvalue weighted by Crippen LogP contribution is -1.85. The molecule has 124 valence electrons. The molecule has 2 heteroatoms. The van der Waals surface area contributed by atoms with Gasteiger partial charge in [0, 0.05) is 15.6 Å². The van der Waals surface area contributed by atoms with Crippen LogP contribution in [0.4, 0.5) is 0 Å². The first-order valence-corrected chi connectivity index (χ1v) is 9.26. The lowest BCUT2D eigenvalue weighted by Gasteiger charge is -2.12. The molecule has 0 fully saturated rings. The van der Waals surface area contributed by atoms with E-state index >= 15 is 0 Å². The van der Waals surface area contributed by atoms with E-state index < -0.39 is 0 Å². The molecular formula is C24H14Cl2. The van der Waals surface area contributed by atoms with Crippen molar-refractivity contribution >= 4 is 55.5 Å². The standard InChI is InChI=1S/C24H14Cl2/c25-21-6-3-7-22(26)24(21)18-13-10-16-9-12-17-11-8-15-4-1-2-5-19(15)23(17)20(16)14-18/h1-14H. The fourth-order valence-electron chi connectivity index (χ4n) is 3.75. The van der Waals surface area contributed by atoms with E-state index in [9.17, 15) is 0 Å². The van der Waals surface area contributed by atoms with Gasteiger partial charge < -0.3 is 0 Å². The lowest BCUT2D eigenvalue weighted by atomic mass is 9.94. The maximum atomic E-state index is 6.44. The Morgan fingerprint density at radius 1 is 0.500 bits per heavy atom. The molecule has 0 unspecified atom stereocenters. The number of benzene rings is 5. The highest BCUT2D eigenvalue weighted by atomic mass is 35.5. The van der Waals surface area contributed by atoms with Crippen molar-refractivity contribution in [2.24, 2.45) is 0 Å². The molecule has 0 radical (unpaired) electrons. The highest BCUT2D eigenvalue weighted by molar-refractivity contribution is 6.39. The van der Waals surface area contributed by atoms with Crippen molar-refractivity contribution in [3.63, 3.8) is 0 Å². The zero-order valence-corrected chi connectivity index (χ0v) is 15.4. The van der Waals surface area contributed by atoms with E-state index in [0.717, 1.165) is 11.1 Å². The summed E-state index contributed by atoms with van der Waals surface area (Å²) in [5, 5.41) is 8.77. The fourth-order valence-corrected chi connectivity index (χ4v) is 4.37. The second-order valence-electron chi connectivity index (χ2n) is 6.48. The minimum Gasteiger partial charge on any atom is -0.0836 e. The largest absolute Gasteiger partial charge is 0.0836 e. The monoisotopic (exact) mass is 372 g/mol. The van der Waals surface area contributed by atoms with Gasteiger partial charge in [0.15, 0.2) is 0 Å². The molecule has 0 aromatic heterocycles. The Balaban J connectivity index is 1.93. The summed E-state index contributed by atoms with van der Waals surface area (Å²) in [7, 11) is 0. The molecule has 0 aliphatic heterocycles. The van der Waals surface area contributed by atoms with Gasteiger partial charge in [0.05, 0.1) is 0 Å².